The summed E-state index contributed by atoms with van der Waals surface area (Å²) in [6.45, 7) is 18.7. The molecule has 1 unspecified atom stereocenters. The van der Waals surface area contributed by atoms with Gasteiger partial charge in [-0.1, -0.05) is 25.6 Å². The second kappa shape index (κ2) is 10.2. The molecule has 1 aromatic heterocycles. The molecule has 2 aromatic rings. The normalized spacial score (nSPS) is 12.7. The summed E-state index contributed by atoms with van der Waals surface area (Å²) in [5.41, 5.74) is 6.54. The van der Waals surface area contributed by atoms with E-state index in [0.717, 1.165) is 41.3 Å². The van der Waals surface area contributed by atoms with E-state index in [0.29, 0.717) is 6.61 Å². The molecule has 29 heavy (non-hydrogen) atoms. The molecule has 156 valence electrons. The molecule has 0 saturated heterocycles. The molecule has 5 nitrogen and oxygen atoms in total. The van der Waals surface area contributed by atoms with Gasteiger partial charge in [-0.25, -0.2) is 9.67 Å². The average Bonchev–Trinajstić information content (AvgIpc) is 3.06. The first-order valence-electron chi connectivity index (χ1n) is 10.2. The Morgan fingerprint density at radius 1 is 1.28 bits per heavy atom. The highest BCUT2D eigenvalue weighted by atomic mass is 16.5. The molecule has 0 N–H and O–H groups in total. The number of nitrogens with zero attached hydrogens (tertiary/aromatic N) is 4. The topological polar surface area (TPSA) is 42.6 Å². The van der Waals surface area contributed by atoms with E-state index in [4.69, 9.17) is 4.74 Å². The van der Waals surface area contributed by atoms with Crippen molar-refractivity contribution in [1.82, 2.24) is 9.78 Å². The van der Waals surface area contributed by atoms with Gasteiger partial charge in [-0.2, -0.15) is 5.10 Å². The SMILES string of the molecule is C=Nc1c(Cc2ccc(N(C)/C=C(\C)C(C)OCC)cc2)c(CC)nn1C(=C)C. The Balaban J connectivity index is 2.23. The number of allylic oxidation sites excluding steroid dienone is 1. The number of aromatic nitrogens is 2. The van der Waals surface area contributed by atoms with Crippen LogP contribution in [0.25, 0.3) is 5.70 Å². The van der Waals surface area contributed by atoms with Crippen molar-refractivity contribution in [2.45, 2.75) is 53.6 Å². The fourth-order valence-corrected chi connectivity index (χ4v) is 3.30. The number of aryl methyl sites for hydroxylation is 1. The van der Waals surface area contributed by atoms with E-state index in [2.05, 4.69) is 86.6 Å². The number of ether oxygens (including phenoxy) is 1. The van der Waals surface area contributed by atoms with Crippen LogP contribution in [0.15, 0.2) is 47.6 Å². The molecule has 1 heterocycles. The van der Waals surface area contributed by atoms with Crippen LogP contribution >= 0.6 is 0 Å². The fraction of sp³-hybridized carbons (Fsp3) is 0.417. The molecule has 0 aliphatic heterocycles. The molecule has 0 bridgehead atoms. The first-order valence-corrected chi connectivity index (χ1v) is 10.2. The van der Waals surface area contributed by atoms with Gasteiger partial charge in [0.15, 0.2) is 5.82 Å². The number of rotatable bonds is 10. The molecular formula is C24H34N4O. The van der Waals surface area contributed by atoms with Crippen LogP contribution in [-0.2, 0) is 17.6 Å². The minimum atomic E-state index is 0.115. The van der Waals surface area contributed by atoms with Gasteiger partial charge < -0.3 is 9.64 Å². The van der Waals surface area contributed by atoms with E-state index < -0.39 is 0 Å². The van der Waals surface area contributed by atoms with Crippen molar-refractivity contribution in [3.8, 4) is 0 Å². The lowest BCUT2D eigenvalue weighted by atomic mass is 10.0. The Hall–Kier alpha value is -2.66. The second-order valence-electron chi connectivity index (χ2n) is 7.33. The summed E-state index contributed by atoms with van der Waals surface area (Å²) >= 11 is 0. The Bertz CT molecular complexity index is 877. The van der Waals surface area contributed by atoms with Crippen LogP contribution in [0.4, 0.5) is 11.5 Å². The molecule has 0 amide bonds. The van der Waals surface area contributed by atoms with Crippen LogP contribution in [-0.4, -0.2) is 36.3 Å². The summed E-state index contributed by atoms with van der Waals surface area (Å²) in [7, 11) is 2.06. The molecule has 0 radical (unpaired) electrons. The van der Waals surface area contributed by atoms with Crippen molar-refractivity contribution in [1.29, 1.82) is 0 Å². The van der Waals surface area contributed by atoms with Gasteiger partial charge in [-0.05, 0) is 64.1 Å². The number of benzene rings is 1. The van der Waals surface area contributed by atoms with E-state index >= 15 is 0 Å². The molecule has 5 heteroatoms. The summed E-state index contributed by atoms with van der Waals surface area (Å²) in [5.74, 6) is 0.791. The van der Waals surface area contributed by atoms with E-state index in [9.17, 15) is 0 Å². The zero-order valence-corrected chi connectivity index (χ0v) is 18.7. The molecule has 2 rings (SSSR count). The van der Waals surface area contributed by atoms with Crippen molar-refractivity contribution in [3.05, 3.63) is 59.4 Å². The standard InChI is InChI=1S/C24H34N4O/c1-9-23-22(24(25-7)28(26-23)17(3)4)15-20-11-13-21(14-12-20)27(8)16-18(5)19(6)29-10-2/h11-14,16,19H,3,7,9-10,15H2,1-2,4-6,8H3/b18-16+. The van der Waals surface area contributed by atoms with Crippen molar-refractivity contribution in [2.24, 2.45) is 4.99 Å². The molecule has 1 aromatic carbocycles. The molecule has 0 spiro atoms. The van der Waals surface area contributed by atoms with E-state index in [1.54, 1.807) is 4.68 Å². The van der Waals surface area contributed by atoms with Crippen LogP contribution < -0.4 is 4.90 Å². The van der Waals surface area contributed by atoms with Gasteiger partial charge in [0.25, 0.3) is 0 Å². The summed E-state index contributed by atoms with van der Waals surface area (Å²) in [4.78, 5) is 6.36. The lowest BCUT2D eigenvalue weighted by Gasteiger charge is -2.19. The molecule has 0 fully saturated rings. The lowest BCUT2D eigenvalue weighted by Crippen LogP contribution is -2.15. The van der Waals surface area contributed by atoms with E-state index in [1.165, 1.54) is 11.1 Å². The van der Waals surface area contributed by atoms with Crippen molar-refractivity contribution < 1.29 is 4.74 Å². The summed E-state index contributed by atoms with van der Waals surface area (Å²) < 4.78 is 7.45. The predicted molar refractivity (Wildman–Crippen MR) is 124 cm³/mol. The molecule has 1 atom stereocenters. The van der Waals surface area contributed by atoms with Gasteiger partial charge in [-0.15, -0.1) is 0 Å². The largest absolute Gasteiger partial charge is 0.374 e. The van der Waals surface area contributed by atoms with Crippen LogP contribution in [0.2, 0.25) is 0 Å². The third-order valence-corrected chi connectivity index (χ3v) is 5.07. The van der Waals surface area contributed by atoms with Crippen LogP contribution in [0.1, 0.15) is 51.4 Å². The van der Waals surface area contributed by atoms with Gasteiger partial charge in [0, 0.05) is 43.2 Å². The van der Waals surface area contributed by atoms with Crippen LogP contribution in [0.3, 0.4) is 0 Å². The van der Waals surface area contributed by atoms with Crippen LogP contribution in [0.5, 0.6) is 0 Å². The maximum Gasteiger partial charge on any atom is 0.158 e. The summed E-state index contributed by atoms with van der Waals surface area (Å²) in [6.07, 6.45) is 3.86. The highest BCUT2D eigenvalue weighted by Gasteiger charge is 2.17. The predicted octanol–water partition coefficient (Wildman–Crippen LogP) is 5.62. The Morgan fingerprint density at radius 3 is 2.45 bits per heavy atom. The first kappa shape index (κ1) is 22.6. The third-order valence-electron chi connectivity index (χ3n) is 5.07. The van der Waals surface area contributed by atoms with E-state index in [1.807, 2.05) is 13.8 Å². The van der Waals surface area contributed by atoms with Crippen molar-refractivity contribution >= 4 is 23.9 Å². The molecule has 0 saturated carbocycles. The van der Waals surface area contributed by atoms with Gasteiger partial charge in [0.1, 0.15) is 0 Å². The van der Waals surface area contributed by atoms with Crippen LogP contribution in [0, 0.1) is 0 Å². The minimum Gasteiger partial charge on any atom is -0.374 e. The Morgan fingerprint density at radius 2 is 1.93 bits per heavy atom. The smallest absolute Gasteiger partial charge is 0.158 e. The fourth-order valence-electron chi connectivity index (χ4n) is 3.30. The Labute approximate surface area is 175 Å². The molecular weight excluding hydrogens is 360 g/mol. The maximum atomic E-state index is 5.67. The van der Waals surface area contributed by atoms with Gasteiger partial charge in [0.2, 0.25) is 0 Å². The van der Waals surface area contributed by atoms with Gasteiger partial charge in [0.05, 0.1) is 11.8 Å². The monoisotopic (exact) mass is 394 g/mol. The summed E-state index contributed by atoms with van der Waals surface area (Å²) in [6, 6.07) is 8.59. The second-order valence-corrected chi connectivity index (χ2v) is 7.33. The molecule has 0 aliphatic carbocycles. The molecule has 0 aliphatic rings. The maximum absolute atomic E-state index is 5.67. The Kier molecular flexibility index (Phi) is 7.97. The third kappa shape index (κ3) is 5.45. The van der Waals surface area contributed by atoms with Gasteiger partial charge >= 0.3 is 0 Å². The van der Waals surface area contributed by atoms with Crippen molar-refractivity contribution in [3.63, 3.8) is 0 Å². The number of anilines is 1. The number of hydrogen-bond donors (Lipinski definition) is 0. The first-order chi connectivity index (χ1) is 13.8. The quantitative estimate of drug-likeness (QED) is 0.491. The lowest BCUT2D eigenvalue weighted by molar-refractivity contribution is 0.101. The van der Waals surface area contributed by atoms with Crippen molar-refractivity contribution in [2.75, 3.05) is 18.6 Å². The zero-order chi connectivity index (χ0) is 21.6. The highest BCUT2D eigenvalue weighted by molar-refractivity contribution is 5.58. The van der Waals surface area contributed by atoms with Gasteiger partial charge in [-0.3, -0.25) is 0 Å². The highest BCUT2D eigenvalue weighted by Crippen LogP contribution is 2.29. The minimum absolute atomic E-state index is 0.115. The van der Waals surface area contributed by atoms with E-state index in [-0.39, 0.29) is 6.10 Å². The zero-order valence-electron chi connectivity index (χ0n) is 18.7. The number of hydrogen-bond acceptors (Lipinski definition) is 4. The average molecular weight is 395 g/mol. The number of aliphatic imine (C=N–C) groups is 1. The summed E-state index contributed by atoms with van der Waals surface area (Å²) in [5, 5.41) is 4.66.